The molecule has 3 aliphatic rings. The van der Waals surface area contributed by atoms with Crippen LogP contribution < -0.4 is 10.1 Å². The summed E-state index contributed by atoms with van der Waals surface area (Å²) in [6.07, 6.45) is 5.03. The van der Waals surface area contributed by atoms with E-state index in [4.69, 9.17) is 4.74 Å². The summed E-state index contributed by atoms with van der Waals surface area (Å²) in [5, 5.41) is 12.4. The highest BCUT2D eigenvalue weighted by molar-refractivity contribution is 5.92. The first-order chi connectivity index (χ1) is 12.1. The number of carboxylic acids is 1. The molecule has 4 rings (SSSR count). The van der Waals surface area contributed by atoms with Crippen LogP contribution in [0, 0.1) is 11.3 Å². The Hall–Kier alpha value is -2.08. The molecule has 134 valence electrons. The van der Waals surface area contributed by atoms with E-state index in [1.165, 1.54) is 12.8 Å². The molecular weight excluding hydrogens is 320 g/mol. The number of ether oxygens (including phenoxy) is 1. The predicted octanol–water partition coefficient (Wildman–Crippen LogP) is 1.64. The fourth-order valence-corrected chi connectivity index (χ4v) is 4.47. The second-order valence-electron chi connectivity index (χ2n) is 7.57. The normalized spacial score (nSPS) is 29.6. The summed E-state index contributed by atoms with van der Waals surface area (Å²) in [6.45, 7) is 1.76. The molecule has 0 aromatic heterocycles. The highest BCUT2D eigenvalue weighted by Crippen LogP contribution is 2.40. The molecule has 0 spiro atoms. The minimum atomic E-state index is -0.977. The number of fused-ring (bicyclic) bond motifs is 1. The van der Waals surface area contributed by atoms with Crippen LogP contribution in [0.2, 0.25) is 0 Å². The maximum atomic E-state index is 12.0. The number of benzene rings is 1. The average Bonchev–Trinajstić information content (AvgIpc) is 3.27. The highest BCUT2D eigenvalue weighted by Gasteiger charge is 2.59. The van der Waals surface area contributed by atoms with Gasteiger partial charge in [-0.3, -0.25) is 14.5 Å². The Kier molecular flexibility index (Phi) is 4.15. The standard InChI is InChI=1S/C19H24N2O4/c22-17-16-10-21(12-19(16,11-20-17)18(23)24)9-13-4-3-7-15(8-13)25-14-5-1-2-6-14/h3-4,7-8,14,16H,1-2,5-6,9-12H2,(H,20,22)(H,23,24)/t16-,19+/m0/s1. The first-order valence-corrected chi connectivity index (χ1v) is 9.06. The lowest BCUT2D eigenvalue weighted by Gasteiger charge is -2.22. The Morgan fingerprint density at radius 1 is 1.36 bits per heavy atom. The Morgan fingerprint density at radius 3 is 2.88 bits per heavy atom. The number of nitrogens with one attached hydrogen (secondary N) is 1. The lowest BCUT2D eigenvalue weighted by Crippen LogP contribution is -2.40. The molecule has 2 aliphatic heterocycles. The van der Waals surface area contributed by atoms with E-state index in [0.717, 1.165) is 24.2 Å². The monoisotopic (exact) mass is 344 g/mol. The Bertz CT molecular complexity index is 686. The van der Waals surface area contributed by atoms with E-state index in [1.54, 1.807) is 0 Å². The smallest absolute Gasteiger partial charge is 0.313 e. The number of aliphatic carboxylic acids is 1. The molecular formula is C19H24N2O4. The summed E-state index contributed by atoms with van der Waals surface area (Å²) >= 11 is 0. The van der Waals surface area contributed by atoms with Gasteiger partial charge in [0.2, 0.25) is 5.91 Å². The third-order valence-electron chi connectivity index (χ3n) is 5.84. The number of rotatable bonds is 5. The lowest BCUT2D eigenvalue weighted by molar-refractivity contribution is -0.149. The Balaban J connectivity index is 1.44. The maximum absolute atomic E-state index is 12.0. The zero-order valence-corrected chi connectivity index (χ0v) is 14.2. The minimum absolute atomic E-state index is 0.136. The quantitative estimate of drug-likeness (QED) is 0.849. The van der Waals surface area contributed by atoms with Crippen LogP contribution in [-0.2, 0) is 16.1 Å². The van der Waals surface area contributed by atoms with Gasteiger partial charge in [0.1, 0.15) is 11.2 Å². The second-order valence-corrected chi connectivity index (χ2v) is 7.57. The van der Waals surface area contributed by atoms with Crippen molar-refractivity contribution >= 4 is 11.9 Å². The zero-order chi connectivity index (χ0) is 17.4. The first kappa shape index (κ1) is 16.4. The van der Waals surface area contributed by atoms with E-state index < -0.39 is 17.3 Å². The number of carbonyl (C=O) groups excluding carboxylic acids is 1. The molecule has 3 fully saturated rings. The van der Waals surface area contributed by atoms with Gasteiger partial charge in [0.05, 0.1) is 12.0 Å². The third kappa shape index (κ3) is 2.99. The van der Waals surface area contributed by atoms with Crippen LogP contribution in [0.15, 0.2) is 24.3 Å². The Morgan fingerprint density at radius 2 is 2.16 bits per heavy atom. The average molecular weight is 344 g/mol. The van der Waals surface area contributed by atoms with Gasteiger partial charge in [0.15, 0.2) is 0 Å². The van der Waals surface area contributed by atoms with Crippen molar-refractivity contribution in [1.29, 1.82) is 0 Å². The number of nitrogens with zero attached hydrogens (tertiary/aromatic N) is 1. The summed E-state index contributed by atoms with van der Waals surface area (Å²) in [7, 11) is 0. The molecule has 6 nitrogen and oxygen atoms in total. The van der Waals surface area contributed by atoms with Gasteiger partial charge in [-0.25, -0.2) is 0 Å². The molecule has 2 heterocycles. The van der Waals surface area contributed by atoms with E-state index in [1.807, 2.05) is 24.3 Å². The SMILES string of the molecule is O=C1NC[C@@]2(C(=O)O)CN(Cc3cccc(OC4CCCC4)c3)C[C@@H]12. The molecule has 6 heteroatoms. The summed E-state index contributed by atoms with van der Waals surface area (Å²) in [4.78, 5) is 25.8. The molecule has 2 atom stereocenters. The van der Waals surface area contributed by atoms with Crippen LogP contribution in [0.5, 0.6) is 5.75 Å². The van der Waals surface area contributed by atoms with Gasteiger partial charge in [-0.05, 0) is 43.4 Å². The molecule has 1 saturated carbocycles. The fraction of sp³-hybridized carbons (Fsp3) is 0.579. The lowest BCUT2D eigenvalue weighted by atomic mass is 9.81. The first-order valence-electron chi connectivity index (χ1n) is 9.06. The number of carboxylic acid groups (broad SMARTS) is 1. The Labute approximate surface area is 147 Å². The topological polar surface area (TPSA) is 78.9 Å². The second kappa shape index (κ2) is 6.33. The van der Waals surface area contributed by atoms with Crippen molar-refractivity contribution in [2.75, 3.05) is 19.6 Å². The van der Waals surface area contributed by atoms with Crippen molar-refractivity contribution in [1.82, 2.24) is 10.2 Å². The number of hydrogen-bond acceptors (Lipinski definition) is 4. The van der Waals surface area contributed by atoms with Crippen molar-refractivity contribution in [3.8, 4) is 5.75 Å². The van der Waals surface area contributed by atoms with Crippen LogP contribution in [0.25, 0.3) is 0 Å². The zero-order valence-electron chi connectivity index (χ0n) is 14.2. The van der Waals surface area contributed by atoms with Crippen molar-refractivity contribution in [2.24, 2.45) is 11.3 Å². The van der Waals surface area contributed by atoms with Crippen molar-refractivity contribution in [2.45, 2.75) is 38.3 Å². The summed E-state index contributed by atoms with van der Waals surface area (Å²) in [5.74, 6) is -0.586. The molecule has 25 heavy (non-hydrogen) atoms. The van der Waals surface area contributed by atoms with Crippen molar-refractivity contribution < 1.29 is 19.4 Å². The van der Waals surface area contributed by atoms with Crippen LogP contribution in [0.4, 0.5) is 0 Å². The van der Waals surface area contributed by atoms with Crippen LogP contribution >= 0.6 is 0 Å². The van der Waals surface area contributed by atoms with E-state index in [0.29, 0.717) is 25.7 Å². The number of amides is 1. The van der Waals surface area contributed by atoms with Gasteiger partial charge in [0, 0.05) is 26.2 Å². The van der Waals surface area contributed by atoms with Crippen LogP contribution in [0.1, 0.15) is 31.2 Å². The molecule has 2 N–H and O–H groups in total. The van der Waals surface area contributed by atoms with E-state index in [2.05, 4.69) is 10.2 Å². The molecule has 1 amide bonds. The number of hydrogen-bond donors (Lipinski definition) is 2. The van der Waals surface area contributed by atoms with Crippen LogP contribution in [0.3, 0.4) is 0 Å². The van der Waals surface area contributed by atoms with Gasteiger partial charge in [-0.1, -0.05) is 12.1 Å². The number of likely N-dealkylation sites (tertiary alicyclic amines) is 1. The molecule has 1 aliphatic carbocycles. The summed E-state index contributed by atoms with van der Waals surface area (Å²) < 4.78 is 6.05. The largest absolute Gasteiger partial charge is 0.490 e. The highest BCUT2D eigenvalue weighted by atomic mass is 16.5. The van der Waals surface area contributed by atoms with Gasteiger partial charge >= 0.3 is 5.97 Å². The molecule has 0 bridgehead atoms. The van der Waals surface area contributed by atoms with Crippen molar-refractivity contribution in [3.05, 3.63) is 29.8 Å². The van der Waals surface area contributed by atoms with Gasteiger partial charge in [0.25, 0.3) is 0 Å². The van der Waals surface area contributed by atoms with Gasteiger partial charge in [-0.2, -0.15) is 0 Å². The molecule has 1 aromatic carbocycles. The molecule has 1 aromatic rings. The van der Waals surface area contributed by atoms with E-state index in [9.17, 15) is 14.7 Å². The number of carbonyl (C=O) groups is 2. The van der Waals surface area contributed by atoms with Crippen molar-refractivity contribution in [3.63, 3.8) is 0 Å². The third-order valence-corrected chi connectivity index (χ3v) is 5.84. The minimum Gasteiger partial charge on any atom is -0.490 e. The van der Waals surface area contributed by atoms with E-state index in [-0.39, 0.29) is 12.5 Å². The van der Waals surface area contributed by atoms with Gasteiger partial charge in [-0.15, -0.1) is 0 Å². The van der Waals surface area contributed by atoms with Crippen LogP contribution in [-0.4, -0.2) is 47.6 Å². The molecule has 2 saturated heterocycles. The summed E-state index contributed by atoms with van der Waals surface area (Å²) in [6, 6.07) is 8.03. The fourth-order valence-electron chi connectivity index (χ4n) is 4.47. The van der Waals surface area contributed by atoms with Gasteiger partial charge < -0.3 is 15.2 Å². The predicted molar refractivity (Wildman–Crippen MR) is 91.2 cm³/mol. The maximum Gasteiger partial charge on any atom is 0.313 e. The molecule has 0 radical (unpaired) electrons. The van der Waals surface area contributed by atoms with E-state index >= 15 is 0 Å². The molecule has 0 unspecified atom stereocenters. The summed E-state index contributed by atoms with van der Waals surface area (Å²) in [5.41, 5.74) is 0.117.